The Bertz CT molecular complexity index is 812. The summed E-state index contributed by atoms with van der Waals surface area (Å²) < 4.78 is 24.2. The summed E-state index contributed by atoms with van der Waals surface area (Å²) in [5, 5.41) is 6.70. The third kappa shape index (κ3) is 3.25. The maximum Gasteiger partial charge on any atom is 0.261 e. The molecular weight excluding hydrogens is 314 g/mol. The molecule has 0 atom stereocenters. The number of aromatic nitrogens is 2. The number of halogens is 1. The SMILES string of the molecule is Cc1cc(NC(=O)c2cnn(C)c2C)ccc1S(=O)(=O)Cl. The maximum absolute atomic E-state index is 12.1. The average molecular weight is 328 g/mol. The number of nitrogens with one attached hydrogen (secondary N) is 1. The highest BCUT2D eigenvalue weighted by molar-refractivity contribution is 8.13. The van der Waals surface area contributed by atoms with Crippen molar-refractivity contribution < 1.29 is 13.2 Å². The van der Waals surface area contributed by atoms with Gasteiger partial charge in [0.25, 0.3) is 15.0 Å². The smallest absolute Gasteiger partial charge is 0.261 e. The third-order valence-electron chi connectivity index (χ3n) is 3.18. The van der Waals surface area contributed by atoms with Gasteiger partial charge in [-0.05, 0) is 37.6 Å². The summed E-state index contributed by atoms with van der Waals surface area (Å²) in [4.78, 5) is 12.2. The first-order valence-corrected chi connectivity index (χ1v) is 8.36. The Hall–Kier alpha value is -1.86. The van der Waals surface area contributed by atoms with Crippen molar-refractivity contribution in [3.63, 3.8) is 0 Å². The fraction of sp³-hybridized carbons (Fsp3) is 0.231. The number of nitrogens with zero attached hydrogens (tertiary/aromatic N) is 2. The second-order valence-corrected chi connectivity index (χ2v) is 7.17. The number of hydrogen-bond donors (Lipinski definition) is 1. The van der Waals surface area contributed by atoms with Crippen molar-refractivity contribution in [2.24, 2.45) is 7.05 Å². The quantitative estimate of drug-likeness (QED) is 0.876. The van der Waals surface area contributed by atoms with Gasteiger partial charge in [0, 0.05) is 29.1 Å². The molecule has 0 fully saturated rings. The molecule has 0 aliphatic carbocycles. The molecule has 6 nitrogen and oxygen atoms in total. The van der Waals surface area contributed by atoms with Crippen LogP contribution in [-0.4, -0.2) is 24.1 Å². The van der Waals surface area contributed by atoms with Gasteiger partial charge in [-0.3, -0.25) is 9.48 Å². The predicted octanol–water partition coefficient (Wildman–Crippen LogP) is 2.22. The molecule has 0 spiro atoms. The molecule has 0 bridgehead atoms. The molecule has 1 heterocycles. The van der Waals surface area contributed by atoms with Crippen molar-refractivity contribution in [2.45, 2.75) is 18.7 Å². The van der Waals surface area contributed by atoms with Crippen molar-refractivity contribution in [3.8, 4) is 0 Å². The Kier molecular flexibility index (Phi) is 4.06. The van der Waals surface area contributed by atoms with Gasteiger partial charge in [-0.15, -0.1) is 0 Å². The van der Waals surface area contributed by atoms with Crippen LogP contribution in [0, 0.1) is 13.8 Å². The molecule has 21 heavy (non-hydrogen) atoms. The van der Waals surface area contributed by atoms with Crippen LogP contribution in [0.25, 0.3) is 0 Å². The van der Waals surface area contributed by atoms with Gasteiger partial charge >= 0.3 is 0 Å². The van der Waals surface area contributed by atoms with E-state index in [1.807, 2.05) is 0 Å². The van der Waals surface area contributed by atoms with Crippen molar-refractivity contribution in [1.82, 2.24) is 9.78 Å². The van der Waals surface area contributed by atoms with Gasteiger partial charge in [0.2, 0.25) is 0 Å². The summed E-state index contributed by atoms with van der Waals surface area (Å²) in [7, 11) is 3.27. The fourth-order valence-electron chi connectivity index (χ4n) is 1.92. The van der Waals surface area contributed by atoms with Gasteiger partial charge in [0.15, 0.2) is 0 Å². The molecule has 0 radical (unpaired) electrons. The highest BCUT2D eigenvalue weighted by Gasteiger charge is 2.16. The molecular formula is C13H14ClN3O3S. The summed E-state index contributed by atoms with van der Waals surface area (Å²) in [5.41, 5.74) is 2.16. The lowest BCUT2D eigenvalue weighted by Crippen LogP contribution is -2.13. The van der Waals surface area contributed by atoms with E-state index in [-0.39, 0.29) is 10.8 Å². The Labute approximate surface area is 127 Å². The van der Waals surface area contributed by atoms with E-state index < -0.39 is 9.05 Å². The molecule has 0 aliphatic rings. The number of aryl methyl sites for hydroxylation is 2. The zero-order valence-electron chi connectivity index (χ0n) is 11.7. The number of anilines is 1. The molecule has 0 aliphatic heterocycles. The van der Waals surface area contributed by atoms with E-state index in [4.69, 9.17) is 10.7 Å². The lowest BCUT2D eigenvalue weighted by Gasteiger charge is -2.08. The maximum atomic E-state index is 12.1. The van der Waals surface area contributed by atoms with Crippen LogP contribution in [0.5, 0.6) is 0 Å². The normalized spacial score (nSPS) is 11.4. The van der Waals surface area contributed by atoms with Crippen molar-refractivity contribution in [1.29, 1.82) is 0 Å². The van der Waals surface area contributed by atoms with Gasteiger partial charge in [-0.25, -0.2) is 8.42 Å². The number of rotatable bonds is 3. The van der Waals surface area contributed by atoms with E-state index in [9.17, 15) is 13.2 Å². The van der Waals surface area contributed by atoms with E-state index in [1.165, 1.54) is 18.3 Å². The number of hydrogen-bond acceptors (Lipinski definition) is 4. The molecule has 2 aromatic rings. The topological polar surface area (TPSA) is 81.1 Å². The van der Waals surface area contributed by atoms with Crippen LogP contribution >= 0.6 is 10.7 Å². The Morgan fingerprint density at radius 3 is 2.48 bits per heavy atom. The number of benzene rings is 1. The van der Waals surface area contributed by atoms with E-state index in [1.54, 1.807) is 31.6 Å². The second-order valence-electron chi connectivity index (χ2n) is 4.64. The first-order valence-electron chi connectivity index (χ1n) is 6.05. The molecule has 1 amide bonds. The first-order chi connectivity index (χ1) is 9.70. The summed E-state index contributed by atoms with van der Waals surface area (Å²) >= 11 is 0. The second kappa shape index (κ2) is 5.50. The minimum atomic E-state index is -3.79. The van der Waals surface area contributed by atoms with Gasteiger partial charge in [-0.1, -0.05) is 0 Å². The van der Waals surface area contributed by atoms with Gasteiger partial charge in [-0.2, -0.15) is 5.10 Å². The lowest BCUT2D eigenvalue weighted by molar-refractivity contribution is 0.102. The Morgan fingerprint density at radius 2 is 2.00 bits per heavy atom. The largest absolute Gasteiger partial charge is 0.322 e. The van der Waals surface area contributed by atoms with Crippen molar-refractivity contribution in [2.75, 3.05) is 5.32 Å². The van der Waals surface area contributed by atoms with E-state index >= 15 is 0 Å². The molecule has 0 saturated heterocycles. The van der Waals surface area contributed by atoms with Crippen LogP contribution in [0.2, 0.25) is 0 Å². The molecule has 8 heteroatoms. The van der Waals surface area contributed by atoms with Crippen LogP contribution in [0.3, 0.4) is 0 Å². The lowest BCUT2D eigenvalue weighted by atomic mass is 10.2. The van der Waals surface area contributed by atoms with Crippen molar-refractivity contribution >= 4 is 31.3 Å². The molecule has 0 unspecified atom stereocenters. The summed E-state index contributed by atoms with van der Waals surface area (Å²) in [6, 6.07) is 4.41. The molecule has 1 aromatic carbocycles. The fourth-order valence-corrected chi connectivity index (χ4v) is 3.11. The van der Waals surface area contributed by atoms with Crippen LogP contribution in [0.15, 0.2) is 29.3 Å². The molecule has 2 rings (SSSR count). The Morgan fingerprint density at radius 1 is 1.33 bits per heavy atom. The summed E-state index contributed by atoms with van der Waals surface area (Å²) in [6.07, 6.45) is 1.48. The van der Waals surface area contributed by atoms with Gasteiger partial charge in [0.05, 0.1) is 16.7 Å². The van der Waals surface area contributed by atoms with Gasteiger partial charge in [0.1, 0.15) is 0 Å². The molecule has 1 N–H and O–H groups in total. The van der Waals surface area contributed by atoms with Crippen LogP contribution < -0.4 is 5.32 Å². The third-order valence-corrected chi connectivity index (χ3v) is 4.66. The minimum absolute atomic E-state index is 0.0275. The zero-order chi connectivity index (χ0) is 15.8. The van der Waals surface area contributed by atoms with E-state index in [0.29, 0.717) is 16.8 Å². The number of carbonyl (C=O) groups excluding carboxylic acids is 1. The van der Waals surface area contributed by atoms with E-state index in [2.05, 4.69) is 10.4 Å². The van der Waals surface area contributed by atoms with Crippen LogP contribution in [0.1, 0.15) is 21.6 Å². The van der Waals surface area contributed by atoms with Crippen LogP contribution in [-0.2, 0) is 16.1 Å². The monoisotopic (exact) mass is 327 g/mol. The van der Waals surface area contributed by atoms with Crippen molar-refractivity contribution in [3.05, 3.63) is 41.2 Å². The zero-order valence-corrected chi connectivity index (χ0v) is 13.3. The Balaban J connectivity index is 2.27. The predicted molar refractivity (Wildman–Crippen MR) is 80.1 cm³/mol. The summed E-state index contributed by atoms with van der Waals surface area (Å²) in [6.45, 7) is 3.40. The van der Waals surface area contributed by atoms with E-state index in [0.717, 1.165) is 5.69 Å². The molecule has 1 aromatic heterocycles. The highest BCUT2D eigenvalue weighted by atomic mass is 35.7. The minimum Gasteiger partial charge on any atom is -0.322 e. The van der Waals surface area contributed by atoms with Gasteiger partial charge < -0.3 is 5.32 Å². The molecule has 0 saturated carbocycles. The number of carbonyl (C=O) groups is 1. The first kappa shape index (κ1) is 15.5. The van der Waals surface area contributed by atoms with Crippen LogP contribution in [0.4, 0.5) is 5.69 Å². The summed E-state index contributed by atoms with van der Waals surface area (Å²) in [5.74, 6) is -0.304. The highest BCUT2D eigenvalue weighted by Crippen LogP contribution is 2.23. The average Bonchev–Trinajstić information content (AvgIpc) is 2.68. The molecule has 112 valence electrons. The standard InChI is InChI=1S/C13H14ClN3O3S/c1-8-6-10(4-5-12(8)21(14,19)20)16-13(18)11-7-15-17(3)9(11)2/h4-7H,1-3H3,(H,16,18). The number of amides is 1.